The van der Waals surface area contributed by atoms with Gasteiger partial charge in [0.25, 0.3) is 0 Å². The van der Waals surface area contributed by atoms with Gasteiger partial charge in [-0.2, -0.15) is 0 Å². The van der Waals surface area contributed by atoms with Gasteiger partial charge in [0.2, 0.25) is 5.91 Å². The molecule has 24 heavy (non-hydrogen) atoms. The highest BCUT2D eigenvalue weighted by atomic mass is 32.1. The molecular weight excluding hydrogens is 324 g/mol. The van der Waals surface area contributed by atoms with Crippen LogP contribution in [-0.4, -0.2) is 29.1 Å². The first-order valence-corrected chi connectivity index (χ1v) is 8.90. The fourth-order valence-electron chi connectivity index (χ4n) is 2.45. The second kappa shape index (κ2) is 8.80. The van der Waals surface area contributed by atoms with Gasteiger partial charge in [-0.1, -0.05) is 12.1 Å². The number of aryl methyl sites for hydroxylation is 2. The summed E-state index contributed by atoms with van der Waals surface area (Å²) in [6.07, 6.45) is 1.23. The highest BCUT2D eigenvalue weighted by molar-refractivity contribution is 7.09. The van der Waals surface area contributed by atoms with Gasteiger partial charge < -0.3 is 15.2 Å². The number of ether oxygens (including phenoxy) is 1. The van der Waals surface area contributed by atoms with E-state index in [9.17, 15) is 9.90 Å². The summed E-state index contributed by atoms with van der Waals surface area (Å²) in [5.41, 5.74) is 1.79. The average Bonchev–Trinajstić information content (AvgIpc) is 2.99. The Labute approximate surface area is 146 Å². The zero-order valence-electron chi connectivity index (χ0n) is 14.3. The van der Waals surface area contributed by atoms with Crippen molar-refractivity contribution >= 4 is 17.2 Å². The smallest absolute Gasteiger partial charge is 0.220 e. The monoisotopic (exact) mass is 348 g/mol. The normalized spacial score (nSPS) is 13.3. The lowest BCUT2D eigenvalue weighted by Crippen LogP contribution is -2.37. The summed E-state index contributed by atoms with van der Waals surface area (Å²) in [4.78, 5) is 16.4. The zero-order chi connectivity index (χ0) is 17.5. The minimum Gasteiger partial charge on any atom is -0.497 e. The fraction of sp³-hybridized carbons (Fsp3) is 0.444. The van der Waals surface area contributed by atoms with Gasteiger partial charge in [0, 0.05) is 11.8 Å². The van der Waals surface area contributed by atoms with Crippen LogP contribution in [0.4, 0.5) is 0 Å². The lowest BCUT2D eigenvalue weighted by molar-refractivity contribution is -0.122. The molecule has 0 aliphatic rings. The van der Waals surface area contributed by atoms with Crippen molar-refractivity contribution in [2.75, 3.05) is 7.11 Å². The van der Waals surface area contributed by atoms with Crippen molar-refractivity contribution in [1.29, 1.82) is 0 Å². The van der Waals surface area contributed by atoms with Crippen LogP contribution in [0.15, 0.2) is 29.6 Å². The van der Waals surface area contributed by atoms with E-state index < -0.39 is 6.10 Å². The molecule has 0 aliphatic carbocycles. The van der Waals surface area contributed by atoms with E-state index in [1.807, 2.05) is 12.3 Å². The summed E-state index contributed by atoms with van der Waals surface area (Å²) in [7, 11) is 1.60. The van der Waals surface area contributed by atoms with Crippen molar-refractivity contribution in [3.05, 3.63) is 45.9 Å². The van der Waals surface area contributed by atoms with Gasteiger partial charge in [-0.15, -0.1) is 11.3 Å². The molecule has 0 radical (unpaired) electrons. The van der Waals surface area contributed by atoms with E-state index >= 15 is 0 Å². The minimum absolute atomic E-state index is 0.0537. The first kappa shape index (κ1) is 18.4. The number of hydrogen-bond donors (Lipinski definition) is 2. The highest BCUT2D eigenvalue weighted by Gasteiger charge is 2.18. The molecule has 0 aliphatic heterocycles. The minimum atomic E-state index is -0.749. The summed E-state index contributed by atoms with van der Waals surface area (Å²) in [5, 5.41) is 16.3. The Hall–Kier alpha value is -1.92. The first-order valence-electron chi connectivity index (χ1n) is 8.02. The lowest BCUT2D eigenvalue weighted by atomic mass is 10.0. The Morgan fingerprint density at radius 1 is 1.38 bits per heavy atom. The van der Waals surface area contributed by atoms with E-state index in [1.54, 1.807) is 49.6 Å². The van der Waals surface area contributed by atoms with Gasteiger partial charge in [0.1, 0.15) is 5.75 Å². The Bertz CT molecular complexity index is 655. The molecule has 1 heterocycles. The van der Waals surface area contributed by atoms with Gasteiger partial charge in [-0.25, -0.2) is 4.98 Å². The number of carbonyl (C=O) groups excluding carboxylic acids is 1. The Kier molecular flexibility index (Phi) is 6.75. The van der Waals surface area contributed by atoms with E-state index in [0.717, 1.165) is 34.9 Å². The van der Waals surface area contributed by atoms with Crippen LogP contribution < -0.4 is 10.1 Å². The quantitative estimate of drug-likeness (QED) is 0.769. The van der Waals surface area contributed by atoms with Crippen molar-refractivity contribution in [2.45, 2.75) is 45.3 Å². The van der Waals surface area contributed by atoms with Crippen molar-refractivity contribution < 1.29 is 14.6 Å². The van der Waals surface area contributed by atoms with Gasteiger partial charge in [0.05, 0.1) is 30.0 Å². The molecule has 6 heteroatoms. The number of hydrogen-bond acceptors (Lipinski definition) is 5. The second-order valence-electron chi connectivity index (χ2n) is 5.79. The molecule has 0 saturated carbocycles. The molecule has 2 rings (SSSR count). The van der Waals surface area contributed by atoms with Crippen LogP contribution in [0.2, 0.25) is 0 Å². The molecule has 0 fully saturated rings. The van der Waals surface area contributed by atoms with E-state index in [0.29, 0.717) is 6.42 Å². The Morgan fingerprint density at radius 2 is 2.08 bits per heavy atom. The summed E-state index contributed by atoms with van der Waals surface area (Å²) < 4.78 is 5.10. The van der Waals surface area contributed by atoms with Gasteiger partial charge in [0.15, 0.2) is 0 Å². The molecule has 2 unspecified atom stereocenters. The molecule has 0 saturated heterocycles. The third-order valence-electron chi connectivity index (χ3n) is 3.82. The first-order chi connectivity index (χ1) is 11.5. The maximum atomic E-state index is 12.0. The SMILES string of the molecule is COc1ccc(C(O)C(C)NC(=O)CCCc2csc(C)n2)cc1. The molecule has 130 valence electrons. The fourth-order valence-corrected chi connectivity index (χ4v) is 3.10. The van der Waals surface area contributed by atoms with Gasteiger partial charge in [-0.05, 0) is 44.4 Å². The van der Waals surface area contributed by atoms with Crippen LogP contribution in [0.3, 0.4) is 0 Å². The number of nitrogens with zero attached hydrogens (tertiary/aromatic N) is 1. The highest BCUT2D eigenvalue weighted by Crippen LogP contribution is 2.20. The maximum Gasteiger partial charge on any atom is 0.220 e. The summed E-state index contributed by atoms with van der Waals surface area (Å²) in [5.74, 6) is 0.682. The van der Waals surface area contributed by atoms with Crippen LogP contribution in [-0.2, 0) is 11.2 Å². The van der Waals surface area contributed by atoms with E-state index in [1.165, 1.54) is 0 Å². The third kappa shape index (κ3) is 5.32. The number of carbonyl (C=O) groups is 1. The van der Waals surface area contributed by atoms with Crippen LogP contribution in [0.25, 0.3) is 0 Å². The molecule has 2 aromatic rings. The van der Waals surface area contributed by atoms with Crippen LogP contribution in [0.5, 0.6) is 5.75 Å². The third-order valence-corrected chi connectivity index (χ3v) is 4.65. The van der Waals surface area contributed by atoms with Crippen molar-refractivity contribution in [1.82, 2.24) is 10.3 Å². The Morgan fingerprint density at radius 3 is 2.67 bits per heavy atom. The summed E-state index contributed by atoms with van der Waals surface area (Å²) in [6.45, 7) is 3.78. The van der Waals surface area contributed by atoms with Crippen molar-refractivity contribution in [3.8, 4) is 5.75 Å². The van der Waals surface area contributed by atoms with Gasteiger partial charge >= 0.3 is 0 Å². The van der Waals surface area contributed by atoms with E-state index in [4.69, 9.17) is 4.74 Å². The molecular formula is C18H24N2O3S. The summed E-state index contributed by atoms with van der Waals surface area (Å²) in [6, 6.07) is 6.84. The van der Waals surface area contributed by atoms with Crippen LogP contribution >= 0.6 is 11.3 Å². The van der Waals surface area contributed by atoms with Crippen molar-refractivity contribution in [2.24, 2.45) is 0 Å². The number of aliphatic hydroxyl groups is 1. The molecule has 2 atom stereocenters. The number of amides is 1. The van der Waals surface area contributed by atoms with Crippen LogP contribution in [0.1, 0.15) is 42.1 Å². The standard InChI is InChI=1S/C18H24N2O3S/c1-12(18(22)14-7-9-16(23-3)10-8-14)19-17(21)6-4-5-15-11-24-13(2)20-15/h7-12,18,22H,4-6H2,1-3H3,(H,19,21). The molecule has 1 aromatic carbocycles. The summed E-state index contributed by atoms with van der Waals surface area (Å²) >= 11 is 1.62. The number of rotatable bonds is 8. The maximum absolute atomic E-state index is 12.0. The number of thiazole rings is 1. The lowest BCUT2D eigenvalue weighted by Gasteiger charge is -2.21. The molecule has 1 aromatic heterocycles. The Balaban J connectivity index is 1.77. The molecule has 2 N–H and O–H groups in total. The molecule has 0 bridgehead atoms. The van der Waals surface area contributed by atoms with Gasteiger partial charge in [-0.3, -0.25) is 4.79 Å². The van der Waals surface area contributed by atoms with E-state index in [-0.39, 0.29) is 11.9 Å². The number of nitrogens with one attached hydrogen (secondary N) is 1. The van der Waals surface area contributed by atoms with E-state index in [2.05, 4.69) is 10.3 Å². The van der Waals surface area contributed by atoms with Crippen LogP contribution in [0, 0.1) is 6.92 Å². The number of aliphatic hydroxyl groups excluding tert-OH is 1. The topological polar surface area (TPSA) is 71.5 Å². The molecule has 0 spiro atoms. The number of methoxy groups -OCH3 is 1. The zero-order valence-corrected chi connectivity index (χ0v) is 15.1. The number of benzene rings is 1. The molecule has 1 amide bonds. The predicted octanol–water partition coefficient (Wildman–Crippen LogP) is 3.02. The second-order valence-corrected chi connectivity index (χ2v) is 6.85. The average molecular weight is 348 g/mol. The molecule has 5 nitrogen and oxygen atoms in total. The number of aromatic nitrogens is 1. The van der Waals surface area contributed by atoms with Crippen molar-refractivity contribution in [3.63, 3.8) is 0 Å². The predicted molar refractivity (Wildman–Crippen MR) is 95.3 cm³/mol. The largest absolute Gasteiger partial charge is 0.497 e.